The van der Waals surface area contributed by atoms with Gasteiger partial charge >= 0.3 is 0 Å². The van der Waals surface area contributed by atoms with Gasteiger partial charge in [0.15, 0.2) is 11.5 Å². The second-order valence-corrected chi connectivity index (χ2v) is 7.22. The summed E-state index contributed by atoms with van der Waals surface area (Å²) in [5.74, 6) is -0.268. The summed E-state index contributed by atoms with van der Waals surface area (Å²) >= 11 is 0. The van der Waals surface area contributed by atoms with Crippen molar-refractivity contribution in [2.24, 2.45) is 5.92 Å². The Kier molecular flexibility index (Phi) is 6.36. The minimum absolute atomic E-state index is 0.0789. The molecular weight excluding hydrogens is 375 g/mol. The Hall–Kier alpha value is -3.09. The van der Waals surface area contributed by atoms with Crippen LogP contribution in [0.4, 0.5) is 4.39 Å². The van der Waals surface area contributed by atoms with Crippen molar-refractivity contribution in [3.63, 3.8) is 0 Å². The zero-order valence-corrected chi connectivity index (χ0v) is 16.8. The van der Waals surface area contributed by atoms with Crippen LogP contribution in [0.25, 0.3) is 0 Å². The Morgan fingerprint density at radius 2 is 1.86 bits per heavy atom. The molecule has 0 fully saturated rings. The molecule has 2 aromatic carbocycles. The van der Waals surface area contributed by atoms with E-state index in [2.05, 4.69) is 5.32 Å². The van der Waals surface area contributed by atoms with Crippen molar-refractivity contribution in [1.82, 2.24) is 10.2 Å². The largest absolute Gasteiger partial charge is 0.454 e. The van der Waals surface area contributed by atoms with E-state index >= 15 is 0 Å². The Labute approximate surface area is 169 Å². The standard InChI is InChI=1S/C22H25FN2O4/c1-4-25(12-15-9-10-18-19(11-15)29-13-28-18)22(27)20(14(2)3)24-21(26)16-7-5-6-8-17(16)23/h5-11,14,20H,4,12-13H2,1-3H3,(H,24,26). The number of carbonyl (C=O) groups excluding carboxylic acids is 2. The van der Waals surface area contributed by atoms with Crippen LogP contribution in [0.2, 0.25) is 0 Å². The van der Waals surface area contributed by atoms with Crippen molar-refractivity contribution in [3.05, 3.63) is 59.4 Å². The lowest BCUT2D eigenvalue weighted by atomic mass is 10.0. The fraction of sp³-hybridized carbons (Fsp3) is 0.364. The number of amides is 2. The topological polar surface area (TPSA) is 67.9 Å². The lowest BCUT2D eigenvalue weighted by Gasteiger charge is -2.29. The van der Waals surface area contributed by atoms with Crippen molar-refractivity contribution in [2.75, 3.05) is 13.3 Å². The van der Waals surface area contributed by atoms with Crippen LogP contribution >= 0.6 is 0 Å². The third-order valence-corrected chi connectivity index (χ3v) is 4.84. The maximum absolute atomic E-state index is 13.9. The average Bonchev–Trinajstić information content (AvgIpc) is 3.17. The number of nitrogens with one attached hydrogen (secondary N) is 1. The van der Waals surface area contributed by atoms with Crippen molar-refractivity contribution in [1.29, 1.82) is 0 Å². The first-order valence-electron chi connectivity index (χ1n) is 9.63. The third-order valence-electron chi connectivity index (χ3n) is 4.84. The minimum Gasteiger partial charge on any atom is -0.454 e. The van der Waals surface area contributed by atoms with E-state index in [1.165, 1.54) is 18.2 Å². The van der Waals surface area contributed by atoms with Crippen LogP contribution in [-0.4, -0.2) is 36.1 Å². The molecule has 29 heavy (non-hydrogen) atoms. The maximum Gasteiger partial charge on any atom is 0.254 e. The highest BCUT2D eigenvalue weighted by Crippen LogP contribution is 2.32. The lowest BCUT2D eigenvalue weighted by Crippen LogP contribution is -2.51. The molecule has 0 spiro atoms. The Bertz CT molecular complexity index is 900. The van der Waals surface area contributed by atoms with Gasteiger partial charge < -0.3 is 19.7 Å². The average molecular weight is 400 g/mol. The zero-order chi connectivity index (χ0) is 21.0. The monoisotopic (exact) mass is 400 g/mol. The van der Waals surface area contributed by atoms with Gasteiger partial charge in [-0.3, -0.25) is 9.59 Å². The molecule has 1 heterocycles. The van der Waals surface area contributed by atoms with Crippen LogP contribution in [0, 0.1) is 11.7 Å². The van der Waals surface area contributed by atoms with Gasteiger partial charge in [0.2, 0.25) is 12.7 Å². The molecule has 0 aliphatic carbocycles. The Morgan fingerprint density at radius 3 is 2.55 bits per heavy atom. The number of rotatable bonds is 7. The second kappa shape index (κ2) is 8.94. The number of halogens is 1. The first-order chi connectivity index (χ1) is 13.9. The summed E-state index contributed by atoms with van der Waals surface area (Å²) in [6.45, 7) is 6.59. The Balaban J connectivity index is 1.74. The predicted octanol–water partition coefficient (Wildman–Crippen LogP) is 3.36. The smallest absolute Gasteiger partial charge is 0.254 e. The summed E-state index contributed by atoms with van der Waals surface area (Å²) < 4.78 is 24.6. The number of carbonyl (C=O) groups is 2. The van der Waals surface area contributed by atoms with Gasteiger partial charge in [0.1, 0.15) is 11.9 Å². The quantitative estimate of drug-likeness (QED) is 0.774. The van der Waals surface area contributed by atoms with Gasteiger partial charge in [-0.15, -0.1) is 0 Å². The molecule has 6 nitrogen and oxygen atoms in total. The number of hydrogen-bond donors (Lipinski definition) is 1. The molecule has 1 unspecified atom stereocenters. The van der Waals surface area contributed by atoms with E-state index in [9.17, 15) is 14.0 Å². The summed E-state index contributed by atoms with van der Waals surface area (Å²) in [7, 11) is 0. The minimum atomic E-state index is -0.768. The van der Waals surface area contributed by atoms with Gasteiger partial charge in [-0.05, 0) is 42.7 Å². The fourth-order valence-electron chi connectivity index (χ4n) is 3.18. The molecule has 0 aromatic heterocycles. The molecule has 1 aliphatic rings. The maximum atomic E-state index is 13.9. The highest BCUT2D eigenvalue weighted by molar-refractivity contribution is 5.97. The number of fused-ring (bicyclic) bond motifs is 1. The molecule has 1 aliphatic heterocycles. The van der Waals surface area contributed by atoms with E-state index in [4.69, 9.17) is 9.47 Å². The zero-order valence-electron chi connectivity index (χ0n) is 16.8. The van der Waals surface area contributed by atoms with Gasteiger partial charge in [0, 0.05) is 13.1 Å². The summed E-state index contributed by atoms with van der Waals surface area (Å²) in [5.41, 5.74) is 0.817. The summed E-state index contributed by atoms with van der Waals surface area (Å²) in [4.78, 5) is 27.4. The molecule has 1 atom stereocenters. The summed E-state index contributed by atoms with van der Waals surface area (Å²) in [5, 5.41) is 2.70. The molecule has 3 rings (SSSR count). The second-order valence-electron chi connectivity index (χ2n) is 7.22. The van der Waals surface area contributed by atoms with Crippen molar-refractivity contribution >= 4 is 11.8 Å². The Morgan fingerprint density at radius 1 is 1.14 bits per heavy atom. The van der Waals surface area contributed by atoms with Gasteiger partial charge in [-0.2, -0.15) is 0 Å². The molecule has 2 aromatic rings. The first-order valence-corrected chi connectivity index (χ1v) is 9.63. The molecule has 0 radical (unpaired) electrons. The molecule has 154 valence electrons. The number of benzene rings is 2. The van der Waals surface area contributed by atoms with E-state index in [1.807, 2.05) is 39.0 Å². The van der Waals surface area contributed by atoms with Crippen LogP contribution in [0.15, 0.2) is 42.5 Å². The van der Waals surface area contributed by atoms with Crippen LogP contribution in [-0.2, 0) is 11.3 Å². The molecule has 7 heteroatoms. The molecular formula is C22H25FN2O4. The lowest BCUT2D eigenvalue weighted by molar-refractivity contribution is -0.134. The number of likely N-dealkylation sites (N-methyl/N-ethyl adjacent to an activating group) is 1. The normalized spacial score (nSPS) is 13.3. The number of hydrogen-bond acceptors (Lipinski definition) is 4. The van der Waals surface area contributed by atoms with Crippen molar-refractivity contribution in [3.8, 4) is 11.5 Å². The summed E-state index contributed by atoms with van der Waals surface area (Å²) in [6.07, 6.45) is 0. The number of ether oxygens (including phenoxy) is 2. The van der Waals surface area contributed by atoms with Crippen molar-refractivity contribution in [2.45, 2.75) is 33.4 Å². The van der Waals surface area contributed by atoms with E-state index in [0.29, 0.717) is 24.6 Å². The van der Waals surface area contributed by atoms with E-state index < -0.39 is 17.8 Å². The van der Waals surface area contributed by atoms with Gasteiger partial charge in [0.25, 0.3) is 5.91 Å². The van der Waals surface area contributed by atoms with Crippen molar-refractivity contribution < 1.29 is 23.5 Å². The van der Waals surface area contributed by atoms with E-state index in [1.54, 1.807) is 11.0 Å². The van der Waals surface area contributed by atoms with Crippen LogP contribution in [0.5, 0.6) is 11.5 Å². The fourth-order valence-corrected chi connectivity index (χ4v) is 3.18. The highest BCUT2D eigenvalue weighted by Gasteiger charge is 2.29. The highest BCUT2D eigenvalue weighted by atomic mass is 19.1. The van der Waals surface area contributed by atoms with Gasteiger partial charge in [-0.1, -0.05) is 32.0 Å². The molecule has 0 bridgehead atoms. The summed E-state index contributed by atoms with van der Waals surface area (Å²) in [6, 6.07) is 10.5. The van der Waals surface area contributed by atoms with Crippen LogP contribution in [0.1, 0.15) is 36.7 Å². The molecule has 2 amide bonds. The molecule has 1 N–H and O–H groups in total. The molecule has 0 saturated carbocycles. The number of nitrogens with zero attached hydrogens (tertiary/aromatic N) is 1. The first kappa shape index (κ1) is 20.6. The third kappa shape index (κ3) is 4.67. The van der Waals surface area contributed by atoms with E-state index in [-0.39, 0.29) is 24.2 Å². The SMILES string of the molecule is CCN(Cc1ccc2c(c1)OCO2)C(=O)C(NC(=O)c1ccccc1F)C(C)C. The van der Waals surface area contributed by atoms with Gasteiger partial charge in [-0.25, -0.2) is 4.39 Å². The molecule has 0 saturated heterocycles. The van der Waals surface area contributed by atoms with Crippen LogP contribution in [0.3, 0.4) is 0 Å². The predicted molar refractivity (Wildman–Crippen MR) is 106 cm³/mol. The van der Waals surface area contributed by atoms with Crippen LogP contribution < -0.4 is 14.8 Å². The van der Waals surface area contributed by atoms with E-state index in [0.717, 1.165) is 5.56 Å². The van der Waals surface area contributed by atoms with Gasteiger partial charge in [0.05, 0.1) is 5.56 Å².